The van der Waals surface area contributed by atoms with Crippen molar-refractivity contribution in [3.05, 3.63) is 66.2 Å². The molecule has 1 N–H and O–H groups in total. The molecule has 0 aliphatic carbocycles. The fraction of sp³-hybridized carbons (Fsp3) is 0.111. The van der Waals surface area contributed by atoms with E-state index < -0.39 is 17.7 Å². The van der Waals surface area contributed by atoms with E-state index in [1.54, 1.807) is 24.3 Å². The summed E-state index contributed by atoms with van der Waals surface area (Å²) in [6, 6.07) is 18.6. The molecule has 2 aromatic rings. The second-order valence-corrected chi connectivity index (χ2v) is 5.64. The minimum Gasteiger partial charge on any atom is -0.301 e. The molecule has 0 aromatic heterocycles. The van der Waals surface area contributed by atoms with Gasteiger partial charge in [0.15, 0.2) is 11.0 Å². The van der Waals surface area contributed by atoms with Crippen molar-refractivity contribution in [3.63, 3.8) is 0 Å². The number of benzene rings is 2. The highest BCUT2D eigenvalue weighted by Gasteiger charge is 2.38. The third-order valence-corrected chi connectivity index (χ3v) is 3.87. The Kier molecular flexibility index (Phi) is 4.77. The van der Waals surface area contributed by atoms with E-state index >= 15 is 0 Å². The second-order valence-electron chi connectivity index (χ2n) is 5.26. The van der Waals surface area contributed by atoms with Crippen LogP contribution >= 0.6 is 12.2 Å². The molecule has 1 fully saturated rings. The van der Waals surface area contributed by atoms with Gasteiger partial charge in [0.1, 0.15) is 0 Å². The van der Waals surface area contributed by atoms with Gasteiger partial charge < -0.3 is 5.32 Å². The van der Waals surface area contributed by atoms with Crippen LogP contribution in [0.4, 0.5) is 5.69 Å². The van der Waals surface area contributed by atoms with Crippen molar-refractivity contribution < 1.29 is 9.59 Å². The first-order chi connectivity index (χ1) is 11.7. The quantitative estimate of drug-likeness (QED) is 0.529. The molecule has 1 heterocycles. The fourth-order valence-electron chi connectivity index (χ4n) is 2.39. The van der Waals surface area contributed by atoms with Crippen LogP contribution in [0.15, 0.2) is 65.7 Å². The van der Waals surface area contributed by atoms with Crippen LogP contribution in [0.2, 0.25) is 0 Å². The van der Waals surface area contributed by atoms with Gasteiger partial charge in [-0.25, -0.2) is 0 Å². The van der Waals surface area contributed by atoms with Crippen molar-refractivity contribution in [1.82, 2.24) is 5.32 Å². The largest absolute Gasteiger partial charge is 0.301 e. The SMILES string of the molecule is O=C1NC(=S)N(c2ccccc2)C(=O)C1C=NCc1ccccc1. The van der Waals surface area contributed by atoms with Crippen LogP contribution < -0.4 is 10.2 Å². The monoisotopic (exact) mass is 337 g/mol. The molecule has 0 spiro atoms. The van der Waals surface area contributed by atoms with Gasteiger partial charge in [0, 0.05) is 6.21 Å². The van der Waals surface area contributed by atoms with Gasteiger partial charge in [-0.05, 0) is 29.9 Å². The maximum Gasteiger partial charge on any atom is 0.251 e. The van der Waals surface area contributed by atoms with Gasteiger partial charge >= 0.3 is 0 Å². The Morgan fingerprint density at radius 3 is 2.33 bits per heavy atom. The first-order valence-electron chi connectivity index (χ1n) is 7.44. The summed E-state index contributed by atoms with van der Waals surface area (Å²) in [6.45, 7) is 0.410. The maximum absolute atomic E-state index is 12.7. The van der Waals surface area contributed by atoms with Gasteiger partial charge in [-0.2, -0.15) is 0 Å². The zero-order valence-electron chi connectivity index (χ0n) is 12.8. The number of carbonyl (C=O) groups excluding carboxylic acids is 2. The Morgan fingerprint density at radius 2 is 1.67 bits per heavy atom. The number of nitrogens with zero attached hydrogens (tertiary/aromatic N) is 2. The van der Waals surface area contributed by atoms with E-state index in [0.717, 1.165) is 5.56 Å². The molecule has 3 rings (SSSR count). The molecule has 24 heavy (non-hydrogen) atoms. The van der Waals surface area contributed by atoms with E-state index in [0.29, 0.717) is 12.2 Å². The van der Waals surface area contributed by atoms with E-state index in [1.807, 2.05) is 36.4 Å². The lowest BCUT2D eigenvalue weighted by Gasteiger charge is -2.30. The number of amides is 2. The average molecular weight is 337 g/mol. The highest BCUT2D eigenvalue weighted by atomic mass is 32.1. The lowest BCUT2D eigenvalue weighted by atomic mass is 10.1. The smallest absolute Gasteiger partial charge is 0.251 e. The Balaban J connectivity index is 1.78. The topological polar surface area (TPSA) is 61.8 Å². The highest BCUT2D eigenvalue weighted by molar-refractivity contribution is 7.80. The zero-order valence-corrected chi connectivity index (χ0v) is 13.6. The standard InChI is InChI=1S/C18H15N3O2S/c22-16-15(12-19-11-13-7-3-1-4-8-13)17(23)21(18(24)20-16)14-9-5-2-6-10-14/h1-10,12,15H,11H2,(H,20,22,24). The number of nitrogens with one attached hydrogen (secondary N) is 1. The number of hydrogen-bond donors (Lipinski definition) is 1. The Labute approximate surface area is 145 Å². The van der Waals surface area contributed by atoms with Gasteiger partial charge in [-0.1, -0.05) is 48.5 Å². The number of thiocarbonyl (C=S) groups is 1. The van der Waals surface area contributed by atoms with Crippen molar-refractivity contribution >= 4 is 41.0 Å². The van der Waals surface area contributed by atoms with E-state index in [4.69, 9.17) is 12.2 Å². The molecule has 1 saturated heterocycles. The van der Waals surface area contributed by atoms with Crippen molar-refractivity contribution in [2.24, 2.45) is 10.9 Å². The normalized spacial score (nSPS) is 18.1. The minimum atomic E-state index is -0.986. The van der Waals surface area contributed by atoms with Crippen molar-refractivity contribution in [2.75, 3.05) is 4.90 Å². The molecule has 2 aromatic carbocycles. The van der Waals surface area contributed by atoms with Crippen LogP contribution in [0.3, 0.4) is 0 Å². The number of hydrogen-bond acceptors (Lipinski definition) is 4. The number of anilines is 1. The molecule has 0 bridgehead atoms. The first-order valence-corrected chi connectivity index (χ1v) is 7.85. The lowest BCUT2D eigenvalue weighted by Crippen LogP contribution is -2.58. The predicted octanol–water partition coefficient (Wildman–Crippen LogP) is 2.32. The second kappa shape index (κ2) is 7.14. The molecule has 1 aliphatic rings. The summed E-state index contributed by atoms with van der Waals surface area (Å²) in [5, 5.41) is 2.65. The molecule has 120 valence electrons. The number of carbonyl (C=O) groups is 2. The number of rotatable bonds is 4. The van der Waals surface area contributed by atoms with Crippen molar-refractivity contribution in [2.45, 2.75) is 6.54 Å². The molecule has 1 unspecified atom stereocenters. The van der Waals surface area contributed by atoms with Crippen LogP contribution in [-0.2, 0) is 16.1 Å². The average Bonchev–Trinajstić information content (AvgIpc) is 2.59. The summed E-state index contributed by atoms with van der Waals surface area (Å²) in [6.07, 6.45) is 1.39. The van der Waals surface area contributed by atoms with E-state index in [9.17, 15) is 9.59 Å². The van der Waals surface area contributed by atoms with Crippen LogP contribution in [0.1, 0.15) is 5.56 Å². The maximum atomic E-state index is 12.7. The molecule has 1 aliphatic heterocycles. The van der Waals surface area contributed by atoms with Crippen LogP contribution in [0.25, 0.3) is 0 Å². The van der Waals surface area contributed by atoms with E-state index in [-0.39, 0.29) is 5.11 Å². The number of para-hydroxylation sites is 1. The predicted molar refractivity (Wildman–Crippen MR) is 96.8 cm³/mol. The van der Waals surface area contributed by atoms with Gasteiger partial charge in [0.2, 0.25) is 5.91 Å². The lowest BCUT2D eigenvalue weighted by molar-refractivity contribution is -0.130. The molecule has 0 saturated carbocycles. The first kappa shape index (κ1) is 16.0. The summed E-state index contributed by atoms with van der Waals surface area (Å²) in [4.78, 5) is 30.3. The van der Waals surface area contributed by atoms with Crippen LogP contribution in [0.5, 0.6) is 0 Å². The van der Waals surface area contributed by atoms with Crippen molar-refractivity contribution in [3.8, 4) is 0 Å². The summed E-state index contributed by atoms with van der Waals surface area (Å²) < 4.78 is 0. The summed E-state index contributed by atoms with van der Waals surface area (Å²) >= 11 is 5.13. The Bertz CT molecular complexity index is 790. The Hall–Kier alpha value is -2.86. The third kappa shape index (κ3) is 3.38. The Morgan fingerprint density at radius 1 is 1.04 bits per heavy atom. The van der Waals surface area contributed by atoms with E-state index in [2.05, 4.69) is 10.3 Å². The summed E-state index contributed by atoms with van der Waals surface area (Å²) in [5.41, 5.74) is 1.63. The molecule has 2 amide bonds. The summed E-state index contributed by atoms with van der Waals surface area (Å²) in [7, 11) is 0. The van der Waals surface area contributed by atoms with Crippen LogP contribution in [-0.4, -0.2) is 23.1 Å². The molecule has 0 radical (unpaired) electrons. The van der Waals surface area contributed by atoms with E-state index in [1.165, 1.54) is 11.1 Å². The van der Waals surface area contributed by atoms with Gasteiger partial charge in [0.25, 0.3) is 5.91 Å². The third-order valence-electron chi connectivity index (χ3n) is 3.59. The number of aliphatic imine (C=N–C) groups is 1. The summed E-state index contributed by atoms with van der Waals surface area (Å²) in [5.74, 6) is -1.83. The van der Waals surface area contributed by atoms with Gasteiger partial charge in [-0.15, -0.1) is 0 Å². The molecule has 5 nitrogen and oxygen atoms in total. The minimum absolute atomic E-state index is 0.0870. The molecule has 6 heteroatoms. The highest BCUT2D eigenvalue weighted by Crippen LogP contribution is 2.19. The van der Waals surface area contributed by atoms with Crippen LogP contribution in [0, 0.1) is 5.92 Å². The fourth-order valence-corrected chi connectivity index (χ4v) is 2.69. The van der Waals surface area contributed by atoms with Gasteiger partial charge in [0.05, 0.1) is 12.2 Å². The van der Waals surface area contributed by atoms with Gasteiger partial charge in [-0.3, -0.25) is 19.5 Å². The zero-order chi connectivity index (χ0) is 16.9. The molecule has 1 atom stereocenters. The molecular weight excluding hydrogens is 322 g/mol. The van der Waals surface area contributed by atoms with Crippen molar-refractivity contribution in [1.29, 1.82) is 0 Å². The molecular formula is C18H15N3O2S.